The maximum atomic E-state index is 3.88. The van der Waals surface area contributed by atoms with E-state index in [-0.39, 0.29) is 0 Å². The number of rotatable bonds is 2. The Morgan fingerprint density at radius 3 is 2.92 bits per heavy atom. The molecule has 0 aromatic heterocycles. The summed E-state index contributed by atoms with van der Waals surface area (Å²) >= 11 is 0. The molecule has 0 N–H and O–H groups in total. The maximum absolute atomic E-state index is 3.88. The Morgan fingerprint density at radius 2 is 2.42 bits per heavy atom. The second-order valence-corrected chi connectivity index (χ2v) is 2.69. The maximum Gasteiger partial charge on any atom is 0.104 e. The Balaban J connectivity index is 2.64. The van der Waals surface area contributed by atoms with Crippen molar-refractivity contribution >= 4 is 0 Å². The first-order valence-corrected chi connectivity index (χ1v) is 3.85. The molecule has 0 fully saturated rings. The van der Waals surface area contributed by atoms with Gasteiger partial charge in [0.2, 0.25) is 0 Å². The molecule has 0 unspecified atom stereocenters. The highest BCUT2D eigenvalue weighted by molar-refractivity contribution is 5.23. The Bertz CT molecular complexity index is 261. The van der Waals surface area contributed by atoms with Gasteiger partial charge in [-0.2, -0.15) is 5.11 Å². The zero-order chi connectivity index (χ0) is 8.97. The molecule has 0 radical (unpaired) electrons. The molecule has 0 aliphatic carbocycles. The van der Waals surface area contributed by atoms with Crippen LogP contribution in [0, 0.1) is 0 Å². The van der Waals surface area contributed by atoms with E-state index >= 15 is 0 Å². The minimum atomic E-state index is 0.678. The van der Waals surface area contributed by atoms with Crippen LogP contribution in [0.3, 0.4) is 0 Å². The van der Waals surface area contributed by atoms with E-state index in [2.05, 4.69) is 16.9 Å². The van der Waals surface area contributed by atoms with Crippen LogP contribution in [0.15, 0.2) is 46.4 Å². The van der Waals surface area contributed by atoms with Crippen LogP contribution >= 0.6 is 0 Å². The van der Waals surface area contributed by atoms with Gasteiger partial charge >= 0.3 is 0 Å². The van der Waals surface area contributed by atoms with Gasteiger partial charge in [-0.15, -0.1) is 0 Å². The molecule has 0 aromatic carbocycles. The van der Waals surface area contributed by atoms with E-state index in [4.69, 9.17) is 0 Å². The first-order chi connectivity index (χ1) is 5.74. The third-order valence-electron chi connectivity index (χ3n) is 1.71. The first kappa shape index (κ1) is 8.71. The topological polar surface area (TPSA) is 28.0 Å². The highest BCUT2D eigenvalue weighted by atomic mass is 15.6. The van der Waals surface area contributed by atoms with Crippen molar-refractivity contribution in [3.8, 4) is 0 Å². The minimum absolute atomic E-state index is 0.678. The van der Waals surface area contributed by atoms with E-state index in [1.54, 1.807) is 5.01 Å². The number of likely N-dealkylation sites (N-methyl/N-ethyl adjacent to an activating group) is 1. The Morgan fingerprint density at radius 1 is 1.67 bits per heavy atom. The Labute approximate surface area is 72.8 Å². The molecule has 3 nitrogen and oxygen atoms in total. The Hall–Kier alpha value is -1.38. The Kier molecular flexibility index (Phi) is 2.80. The molecule has 1 heterocycles. The molecule has 1 aliphatic rings. The van der Waals surface area contributed by atoms with Crippen LogP contribution < -0.4 is 0 Å². The van der Waals surface area contributed by atoms with Gasteiger partial charge in [0, 0.05) is 7.05 Å². The van der Waals surface area contributed by atoms with Crippen molar-refractivity contribution in [1.82, 2.24) is 5.01 Å². The SMILES string of the molecule is C=C/C(C)=C\C=C1/CN=NN1C. The third kappa shape index (κ3) is 2.05. The number of hydrogen-bond donors (Lipinski definition) is 0. The van der Waals surface area contributed by atoms with Crippen LogP contribution in [-0.4, -0.2) is 18.6 Å². The summed E-state index contributed by atoms with van der Waals surface area (Å²) in [5, 5.41) is 9.50. The molecule has 64 valence electrons. The van der Waals surface area contributed by atoms with Gasteiger partial charge in [-0.25, -0.2) is 0 Å². The van der Waals surface area contributed by atoms with Crippen molar-refractivity contribution in [2.45, 2.75) is 6.92 Å². The normalized spacial score (nSPS) is 20.7. The molecule has 0 saturated heterocycles. The van der Waals surface area contributed by atoms with Gasteiger partial charge in [0.05, 0.1) is 5.70 Å². The van der Waals surface area contributed by atoms with E-state index in [0.29, 0.717) is 6.54 Å². The standard InChI is InChI=1S/C9H13N3/c1-4-8(2)5-6-9-7-10-11-12(9)3/h4-6H,1,7H2,2-3H3/b8-5-,9-6+. The van der Waals surface area contributed by atoms with E-state index in [9.17, 15) is 0 Å². The van der Waals surface area contributed by atoms with E-state index < -0.39 is 0 Å². The summed E-state index contributed by atoms with van der Waals surface area (Å²) in [5.41, 5.74) is 2.25. The summed E-state index contributed by atoms with van der Waals surface area (Å²) in [6, 6.07) is 0. The van der Waals surface area contributed by atoms with Gasteiger partial charge in [0.25, 0.3) is 0 Å². The summed E-state index contributed by atoms with van der Waals surface area (Å²) in [6.07, 6.45) is 5.84. The largest absolute Gasteiger partial charge is 0.252 e. The predicted octanol–water partition coefficient (Wildman–Crippen LogP) is 2.32. The van der Waals surface area contributed by atoms with Crippen molar-refractivity contribution in [1.29, 1.82) is 0 Å². The molecular formula is C9H13N3. The van der Waals surface area contributed by atoms with Crippen LogP contribution in [-0.2, 0) is 0 Å². The van der Waals surface area contributed by atoms with E-state index in [1.165, 1.54) is 0 Å². The lowest BCUT2D eigenvalue weighted by Crippen LogP contribution is -2.05. The lowest BCUT2D eigenvalue weighted by Gasteiger charge is -2.04. The van der Waals surface area contributed by atoms with Crippen molar-refractivity contribution in [3.05, 3.63) is 36.1 Å². The average molecular weight is 163 g/mol. The van der Waals surface area contributed by atoms with Gasteiger partial charge in [0.1, 0.15) is 6.54 Å². The smallest absolute Gasteiger partial charge is 0.104 e. The second-order valence-electron chi connectivity index (χ2n) is 2.69. The molecular weight excluding hydrogens is 150 g/mol. The summed E-state index contributed by atoms with van der Waals surface area (Å²) < 4.78 is 0. The summed E-state index contributed by atoms with van der Waals surface area (Å²) in [7, 11) is 1.89. The lowest BCUT2D eigenvalue weighted by atomic mass is 10.2. The van der Waals surface area contributed by atoms with Crippen molar-refractivity contribution in [2.24, 2.45) is 10.3 Å². The lowest BCUT2D eigenvalue weighted by molar-refractivity contribution is 0.459. The molecule has 0 atom stereocenters. The van der Waals surface area contributed by atoms with Gasteiger partial charge in [-0.05, 0) is 13.0 Å². The van der Waals surface area contributed by atoms with Gasteiger partial charge < -0.3 is 0 Å². The zero-order valence-electron chi connectivity index (χ0n) is 7.49. The van der Waals surface area contributed by atoms with Gasteiger partial charge in [-0.3, -0.25) is 5.01 Å². The van der Waals surface area contributed by atoms with E-state index in [0.717, 1.165) is 11.3 Å². The van der Waals surface area contributed by atoms with Crippen molar-refractivity contribution < 1.29 is 0 Å². The molecule has 0 bridgehead atoms. The minimum Gasteiger partial charge on any atom is -0.252 e. The second kappa shape index (κ2) is 3.85. The molecule has 0 amide bonds. The summed E-state index contributed by atoms with van der Waals surface area (Å²) in [5.74, 6) is 0. The highest BCUT2D eigenvalue weighted by Crippen LogP contribution is 2.11. The van der Waals surface area contributed by atoms with Crippen LogP contribution in [0.5, 0.6) is 0 Å². The molecule has 12 heavy (non-hydrogen) atoms. The van der Waals surface area contributed by atoms with Crippen LogP contribution in [0.2, 0.25) is 0 Å². The summed E-state index contributed by atoms with van der Waals surface area (Å²) in [6.45, 7) is 6.35. The fourth-order valence-electron chi connectivity index (χ4n) is 0.815. The first-order valence-electron chi connectivity index (χ1n) is 3.85. The number of hydrogen-bond acceptors (Lipinski definition) is 3. The van der Waals surface area contributed by atoms with Crippen molar-refractivity contribution in [2.75, 3.05) is 13.6 Å². The highest BCUT2D eigenvalue weighted by Gasteiger charge is 2.06. The monoisotopic (exact) mass is 163 g/mol. The molecule has 0 spiro atoms. The van der Waals surface area contributed by atoms with Crippen molar-refractivity contribution in [3.63, 3.8) is 0 Å². The molecule has 0 aromatic rings. The van der Waals surface area contributed by atoms with Gasteiger partial charge in [-0.1, -0.05) is 29.5 Å². The van der Waals surface area contributed by atoms with Crippen LogP contribution in [0.4, 0.5) is 0 Å². The number of nitrogens with zero attached hydrogens (tertiary/aromatic N) is 3. The molecule has 3 heteroatoms. The summed E-state index contributed by atoms with van der Waals surface area (Å²) in [4.78, 5) is 0. The fourth-order valence-corrected chi connectivity index (χ4v) is 0.815. The van der Waals surface area contributed by atoms with Gasteiger partial charge in [0.15, 0.2) is 0 Å². The quantitative estimate of drug-likeness (QED) is 0.574. The zero-order valence-corrected chi connectivity index (χ0v) is 7.49. The van der Waals surface area contributed by atoms with Crippen LogP contribution in [0.1, 0.15) is 6.92 Å². The molecule has 1 rings (SSSR count). The van der Waals surface area contributed by atoms with Crippen LogP contribution in [0.25, 0.3) is 0 Å². The number of allylic oxidation sites excluding steroid dienone is 4. The molecule has 1 aliphatic heterocycles. The fraction of sp³-hybridized carbons (Fsp3) is 0.333. The average Bonchev–Trinajstić information content (AvgIpc) is 2.47. The predicted molar refractivity (Wildman–Crippen MR) is 49.5 cm³/mol. The van der Waals surface area contributed by atoms with E-state index in [1.807, 2.05) is 32.2 Å². The molecule has 0 saturated carbocycles. The third-order valence-corrected chi connectivity index (χ3v) is 1.71.